The van der Waals surface area contributed by atoms with Gasteiger partial charge < -0.3 is 24.8 Å². The number of nitrogens with one attached hydrogen (secondary N) is 2. The Bertz CT molecular complexity index is 716. The predicted octanol–water partition coefficient (Wildman–Crippen LogP) is 3.07. The Balaban J connectivity index is 2.05. The number of ether oxygens (including phenoxy) is 3. The molecule has 1 amide bonds. The zero-order valence-electron chi connectivity index (χ0n) is 14.3. The van der Waals surface area contributed by atoms with E-state index in [1.54, 1.807) is 39.5 Å². The molecular weight excluding hydrogens is 308 g/mol. The molecule has 2 aromatic carbocycles. The van der Waals surface area contributed by atoms with Gasteiger partial charge >= 0.3 is 0 Å². The summed E-state index contributed by atoms with van der Waals surface area (Å²) in [5.74, 6) is 1.69. The zero-order chi connectivity index (χ0) is 17.5. The molecule has 0 atom stereocenters. The Hall–Kier alpha value is -2.89. The number of carbonyl (C=O) groups is 1. The normalized spacial score (nSPS) is 10.0. The van der Waals surface area contributed by atoms with Crippen LogP contribution in [0.3, 0.4) is 0 Å². The van der Waals surface area contributed by atoms with E-state index < -0.39 is 0 Å². The van der Waals surface area contributed by atoms with Gasteiger partial charge in [0.2, 0.25) is 5.91 Å². The number of rotatable bonds is 7. The van der Waals surface area contributed by atoms with Crippen molar-refractivity contribution >= 4 is 17.3 Å². The molecule has 0 fully saturated rings. The van der Waals surface area contributed by atoms with Crippen LogP contribution in [0.1, 0.15) is 5.56 Å². The number of benzene rings is 2. The molecule has 0 saturated carbocycles. The van der Waals surface area contributed by atoms with E-state index in [9.17, 15) is 4.79 Å². The average Bonchev–Trinajstić information content (AvgIpc) is 2.60. The van der Waals surface area contributed by atoms with Crippen molar-refractivity contribution in [2.75, 3.05) is 38.5 Å². The molecule has 0 heterocycles. The van der Waals surface area contributed by atoms with Crippen molar-refractivity contribution in [3.05, 3.63) is 42.0 Å². The standard InChI is InChI=1S/C18H22N2O4/c1-12-5-7-16(23-3)14(9-12)19-11-18(21)20-15-10-13(22-2)6-8-17(15)24-4/h5-10,19H,11H2,1-4H3,(H,20,21). The molecule has 0 aliphatic heterocycles. The minimum atomic E-state index is -0.204. The van der Waals surface area contributed by atoms with Crippen LogP contribution in [0.4, 0.5) is 11.4 Å². The summed E-state index contributed by atoms with van der Waals surface area (Å²) in [5, 5.41) is 5.89. The van der Waals surface area contributed by atoms with Crippen molar-refractivity contribution in [3.8, 4) is 17.2 Å². The number of carbonyl (C=O) groups excluding carboxylic acids is 1. The molecule has 128 valence electrons. The summed E-state index contributed by atoms with van der Waals surface area (Å²) in [5.41, 5.74) is 2.40. The minimum Gasteiger partial charge on any atom is -0.497 e. The minimum absolute atomic E-state index is 0.0974. The maximum atomic E-state index is 12.2. The van der Waals surface area contributed by atoms with Gasteiger partial charge in [-0.15, -0.1) is 0 Å². The van der Waals surface area contributed by atoms with Gasteiger partial charge in [0.25, 0.3) is 0 Å². The fourth-order valence-electron chi connectivity index (χ4n) is 2.24. The molecule has 0 aliphatic rings. The number of anilines is 2. The smallest absolute Gasteiger partial charge is 0.243 e. The van der Waals surface area contributed by atoms with Gasteiger partial charge in [-0.2, -0.15) is 0 Å². The molecule has 0 radical (unpaired) electrons. The maximum absolute atomic E-state index is 12.2. The molecule has 0 saturated heterocycles. The van der Waals surface area contributed by atoms with Crippen molar-refractivity contribution in [1.29, 1.82) is 0 Å². The first-order chi connectivity index (χ1) is 11.6. The van der Waals surface area contributed by atoms with Gasteiger partial charge in [0.05, 0.1) is 39.2 Å². The monoisotopic (exact) mass is 330 g/mol. The van der Waals surface area contributed by atoms with Gasteiger partial charge in [0.15, 0.2) is 0 Å². The number of hydrogen-bond acceptors (Lipinski definition) is 5. The number of aryl methyl sites for hydroxylation is 1. The fraction of sp³-hybridized carbons (Fsp3) is 0.278. The zero-order valence-corrected chi connectivity index (χ0v) is 14.3. The first kappa shape index (κ1) is 17.5. The van der Waals surface area contributed by atoms with E-state index in [2.05, 4.69) is 10.6 Å². The van der Waals surface area contributed by atoms with Crippen LogP contribution in [-0.2, 0) is 4.79 Å². The third-order valence-electron chi connectivity index (χ3n) is 3.48. The van der Waals surface area contributed by atoms with Gasteiger partial charge in [-0.1, -0.05) is 6.07 Å². The largest absolute Gasteiger partial charge is 0.497 e. The van der Waals surface area contributed by atoms with Gasteiger partial charge in [-0.05, 0) is 36.8 Å². The average molecular weight is 330 g/mol. The lowest BCUT2D eigenvalue weighted by atomic mass is 10.2. The molecule has 0 spiro atoms. The molecule has 0 aromatic heterocycles. The number of hydrogen-bond donors (Lipinski definition) is 2. The second-order valence-electron chi connectivity index (χ2n) is 5.17. The van der Waals surface area contributed by atoms with Gasteiger partial charge in [0, 0.05) is 6.07 Å². The molecule has 6 heteroatoms. The van der Waals surface area contributed by atoms with Crippen LogP contribution in [-0.4, -0.2) is 33.8 Å². The van der Waals surface area contributed by atoms with E-state index in [0.29, 0.717) is 22.9 Å². The summed E-state index contributed by atoms with van der Waals surface area (Å²) in [6, 6.07) is 11.0. The highest BCUT2D eigenvalue weighted by Gasteiger charge is 2.10. The quantitative estimate of drug-likeness (QED) is 0.816. The van der Waals surface area contributed by atoms with Crippen molar-refractivity contribution < 1.29 is 19.0 Å². The highest BCUT2D eigenvalue weighted by Crippen LogP contribution is 2.29. The van der Waals surface area contributed by atoms with Crippen LogP contribution >= 0.6 is 0 Å². The Kier molecular flexibility index (Phi) is 5.89. The maximum Gasteiger partial charge on any atom is 0.243 e. The van der Waals surface area contributed by atoms with Crippen LogP contribution < -0.4 is 24.8 Å². The van der Waals surface area contributed by atoms with E-state index in [1.807, 2.05) is 25.1 Å². The second-order valence-corrected chi connectivity index (χ2v) is 5.17. The number of amides is 1. The van der Waals surface area contributed by atoms with Crippen LogP contribution in [0.2, 0.25) is 0 Å². The van der Waals surface area contributed by atoms with Crippen molar-refractivity contribution in [2.24, 2.45) is 0 Å². The molecular formula is C18H22N2O4. The van der Waals surface area contributed by atoms with Gasteiger partial charge in [-0.3, -0.25) is 4.79 Å². The van der Waals surface area contributed by atoms with E-state index in [0.717, 1.165) is 11.3 Å². The Morgan fingerprint density at radius 3 is 2.25 bits per heavy atom. The lowest BCUT2D eigenvalue weighted by molar-refractivity contribution is -0.114. The van der Waals surface area contributed by atoms with E-state index in [1.165, 1.54) is 0 Å². The fourth-order valence-corrected chi connectivity index (χ4v) is 2.24. The lowest BCUT2D eigenvalue weighted by Crippen LogP contribution is -2.22. The summed E-state index contributed by atoms with van der Waals surface area (Å²) in [4.78, 5) is 12.2. The topological polar surface area (TPSA) is 68.8 Å². The summed E-state index contributed by atoms with van der Waals surface area (Å²) in [7, 11) is 4.71. The highest BCUT2D eigenvalue weighted by molar-refractivity contribution is 5.95. The van der Waals surface area contributed by atoms with Crippen molar-refractivity contribution in [2.45, 2.75) is 6.92 Å². The molecule has 24 heavy (non-hydrogen) atoms. The van der Waals surface area contributed by atoms with Crippen molar-refractivity contribution in [1.82, 2.24) is 0 Å². The SMILES string of the molecule is COc1ccc(OC)c(NC(=O)CNc2cc(C)ccc2OC)c1. The third-order valence-corrected chi connectivity index (χ3v) is 3.48. The predicted molar refractivity (Wildman–Crippen MR) is 94.4 cm³/mol. The summed E-state index contributed by atoms with van der Waals surface area (Å²) in [6.07, 6.45) is 0. The third kappa shape index (κ3) is 4.32. The van der Waals surface area contributed by atoms with Crippen molar-refractivity contribution in [3.63, 3.8) is 0 Å². The first-order valence-corrected chi connectivity index (χ1v) is 7.47. The highest BCUT2D eigenvalue weighted by atomic mass is 16.5. The van der Waals surface area contributed by atoms with Crippen LogP contribution in [0.5, 0.6) is 17.2 Å². The van der Waals surface area contributed by atoms with Crippen LogP contribution in [0.15, 0.2) is 36.4 Å². The Morgan fingerprint density at radius 1 is 0.917 bits per heavy atom. The Labute approximate surface area is 141 Å². The molecule has 2 N–H and O–H groups in total. The molecule has 0 bridgehead atoms. The molecule has 2 rings (SSSR count). The van der Waals surface area contributed by atoms with Gasteiger partial charge in [0.1, 0.15) is 17.2 Å². The summed E-state index contributed by atoms with van der Waals surface area (Å²) >= 11 is 0. The molecule has 2 aromatic rings. The summed E-state index contributed by atoms with van der Waals surface area (Å²) < 4.78 is 15.7. The van der Waals surface area contributed by atoms with E-state index in [4.69, 9.17) is 14.2 Å². The Morgan fingerprint density at radius 2 is 1.58 bits per heavy atom. The van der Waals surface area contributed by atoms with Gasteiger partial charge in [-0.25, -0.2) is 0 Å². The second kappa shape index (κ2) is 8.10. The summed E-state index contributed by atoms with van der Waals surface area (Å²) in [6.45, 7) is 2.08. The molecule has 6 nitrogen and oxygen atoms in total. The van der Waals surface area contributed by atoms with Crippen LogP contribution in [0.25, 0.3) is 0 Å². The molecule has 0 aliphatic carbocycles. The lowest BCUT2D eigenvalue weighted by Gasteiger charge is -2.14. The van der Waals surface area contributed by atoms with E-state index >= 15 is 0 Å². The number of methoxy groups -OCH3 is 3. The van der Waals surface area contributed by atoms with E-state index in [-0.39, 0.29) is 12.5 Å². The molecule has 0 unspecified atom stereocenters. The van der Waals surface area contributed by atoms with Crippen LogP contribution in [0, 0.1) is 6.92 Å². The first-order valence-electron chi connectivity index (χ1n) is 7.47.